The number of halogens is 1. The molecule has 2 N–H and O–H groups in total. The Morgan fingerprint density at radius 3 is 2.47 bits per heavy atom. The van der Waals surface area contributed by atoms with Crippen LogP contribution < -0.4 is 15.4 Å². The second-order valence-corrected chi connectivity index (χ2v) is 9.49. The van der Waals surface area contributed by atoms with Crippen LogP contribution in [-0.4, -0.2) is 39.4 Å². The number of nitrogens with zero attached hydrogens (tertiary/aromatic N) is 3. The van der Waals surface area contributed by atoms with Crippen molar-refractivity contribution >= 4 is 45.2 Å². The van der Waals surface area contributed by atoms with Crippen molar-refractivity contribution in [3.05, 3.63) is 63.4 Å². The fourth-order valence-corrected chi connectivity index (χ4v) is 4.61. The Hall–Kier alpha value is -2.85. The Bertz CT molecular complexity index is 1160. The van der Waals surface area contributed by atoms with Gasteiger partial charge >= 0.3 is 0 Å². The summed E-state index contributed by atoms with van der Waals surface area (Å²) in [7, 11) is 1.61. The van der Waals surface area contributed by atoms with E-state index in [4.69, 9.17) is 4.74 Å². The Morgan fingerprint density at radius 1 is 1.09 bits per heavy atom. The van der Waals surface area contributed by atoms with Gasteiger partial charge in [-0.25, -0.2) is 0 Å². The number of hydrogen-bond donors (Lipinski definition) is 2. The van der Waals surface area contributed by atoms with Crippen molar-refractivity contribution < 1.29 is 14.3 Å². The van der Waals surface area contributed by atoms with Crippen LogP contribution in [0, 0.1) is 13.8 Å². The molecule has 180 valence electrons. The van der Waals surface area contributed by atoms with Crippen molar-refractivity contribution in [3.63, 3.8) is 0 Å². The molecule has 1 heterocycles. The molecule has 3 rings (SSSR count). The lowest BCUT2D eigenvalue weighted by Gasteiger charge is -2.11. The summed E-state index contributed by atoms with van der Waals surface area (Å²) in [6.45, 7) is 6.90. The topological polar surface area (TPSA) is 98.1 Å². The van der Waals surface area contributed by atoms with Gasteiger partial charge in [-0.05, 0) is 77.7 Å². The number of aryl methyl sites for hydroxylation is 2. The molecular weight excluding hydrogens is 518 g/mol. The first kappa shape index (κ1) is 25.8. The van der Waals surface area contributed by atoms with Gasteiger partial charge in [-0.15, -0.1) is 10.2 Å². The summed E-state index contributed by atoms with van der Waals surface area (Å²) in [6, 6.07) is 11.3. The van der Waals surface area contributed by atoms with E-state index in [1.54, 1.807) is 7.11 Å². The molecule has 0 spiro atoms. The molecule has 1 aromatic heterocycles. The maximum Gasteiger partial charge on any atom is 0.234 e. The Kier molecular flexibility index (Phi) is 9.12. The van der Waals surface area contributed by atoms with E-state index in [-0.39, 0.29) is 30.5 Å². The molecule has 0 unspecified atom stereocenters. The van der Waals surface area contributed by atoms with E-state index in [1.807, 2.05) is 61.7 Å². The first-order valence-electron chi connectivity index (χ1n) is 10.8. The smallest absolute Gasteiger partial charge is 0.234 e. The summed E-state index contributed by atoms with van der Waals surface area (Å²) in [6.07, 6.45) is 0.264. The van der Waals surface area contributed by atoms with Crippen LogP contribution in [0.15, 0.2) is 46.0 Å². The largest absolute Gasteiger partial charge is 0.497 e. The minimum absolute atomic E-state index is 0.108. The van der Waals surface area contributed by atoms with E-state index in [9.17, 15) is 9.59 Å². The SMILES string of the molecule is CCn1c(CNC(=O)Cc2ccc(OC)cc2)nnc1SCC(=O)Nc1cc(C)c(C)cc1Br. The van der Waals surface area contributed by atoms with E-state index in [1.165, 1.54) is 11.8 Å². The van der Waals surface area contributed by atoms with Gasteiger partial charge in [0.15, 0.2) is 11.0 Å². The lowest BCUT2D eigenvalue weighted by atomic mass is 10.1. The number of carbonyl (C=O) groups is 2. The molecule has 10 heteroatoms. The molecule has 0 aliphatic heterocycles. The van der Waals surface area contributed by atoms with Crippen LogP contribution in [-0.2, 0) is 29.1 Å². The van der Waals surface area contributed by atoms with Crippen molar-refractivity contribution in [2.75, 3.05) is 18.2 Å². The molecule has 0 aliphatic carbocycles. The number of anilines is 1. The van der Waals surface area contributed by atoms with Crippen molar-refractivity contribution in [1.29, 1.82) is 0 Å². The zero-order valence-corrected chi connectivity index (χ0v) is 22.0. The molecule has 34 heavy (non-hydrogen) atoms. The normalized spacial score (nSPS) is 10.7. The molecule has 0 atom stereocenters. The van der Waals surface area contributed by atoms with Crippen LogP contribution in [0.25, 0.3) is 0 Å². The van der Waals surface area contributed by atoms with E-state index in [0.717, 1.165) is 32.6 Å². The molecule has 0 radical (unpaired) electrons. The Labute approximate surface area is 212 Å². The summed E-state index contributed by atoms with van der Waals surface area (Å²) in [5, 5.41) is 14.9. The minimum atomic E-state index is -0.131. The summed E-state index contributed by atoms with van der Waals surface area (Å²) in [5.41, 5.74) is 3.90. The summed E-state index contributed by atoms with van der Waals surface area (Å²) in [5.74, 6) is 1.35. The highest BCUT2D eigenvalue weighted by Crippen LogP contribution is 2.26. The van der Waals surface area contributed by atoms with Crippen LogP contribution >= 0.6 is 27.7 Å². The first-order valence-corrected chi connectivity index (χ1v) is 12.6. The quantitative estimate of drug-likeness (QED) is 0.369. The van der Waals surface area contributed by atoms with Crippen LogP contribution in [0.5, 0.6) is 5.75 Å². The molecule has 8 nitrogen and oxygen atoms in total. The highest BCUT2D eigenvalue weighted by Gasteiger charge is 2.15. The third-order valence-corrected chi connectivity index (χ3v) is 6.89. The fraction of sp³-hybridized carbons (Fsp3) is 0.333. The molecule has 0 aliphatic rings. The summed E-state index contributed by atoms with van der Waals surface area (Å²) >= 11 is 4.81. The van der Waals surface area contributed by atoms with Gasteiger partial charge in [0.05, 0.1) is 31.5 Å². The number of hydrogen-bond acceptors (Lipinski definition) is 6. The van der Waals surface area contributed by atoms with Gasteiger partial charge in [-0.2, -0.15) is 0 Å². The van der Waals surface area contributed by atoms with Crippen molar-refractivity contribution in [1.82, 2.24) is 20.1 Å². The lowest BCUT2D eigenvalue weighted by Crippen LogP contribution is -2.26. The third-order valence-electron chi connectivity index (χ3n) is 5.27. The van der Waals surface area contributed by atoms with Crippen LogP contribution in [0.2, 0.25) is 0 Å². The monoisotopic (exact) mass is 545 g/mol. The highest BCUT2D eigenvalue weighted by atomic mass is 79.9. The van der Waals surface area contributed by atoms with Crippen LogP contribution in [0.3, 0.4) is 0 Å². The maximum absolute atomic E-state index is 12.5. The Balaban J connectivity index is 1.53. The number of amides is 2. The van der Waals surface area contributed by atoms with E-state index in [2.05, 4.69) is 36.8 Å². The second-order valence-electron chi connectivity index (χ2n) is 7.70. The molecular formula is C24H28BrN5O3S. The zero-order valence-electron chi connectivity index (χ0n) is 19.6. The number of rotatable bonds is 10. The number of nitrogens with one attached hydrogen (secondary N) is 2. The molecule has 0 bridgehead atoms. The van der Waals surface area contributed by atoms with Crippen LogP contribution in [0.4, 0.5) is 5.69 Å². The molecule has 0 saturated heterocycles. The van der Waals surface area contributed by atoms with Gasteiger partial charge in [0, 0.05) is 11.0 Å². The van der Waals surface area contributed by atoms with Crippen LogP contribution in [0.1, 0.15) is 29.4 Å². The fourth-order valence-electron chi connectivity index (χ4n) is 3.24. The third kappa shape index (κ3) is 6.83. The van der Waals surface area contributed by atoms with Gasteiger partial charge in [0.1, 0.15) is 5.75 Å². The summed E-state index contributed by atoms with van der Waals surface area (Å²) < 4.78 is 7.88. The maximum atomic E-state index is 12.5. The van der Waals surface area contributed by atoms with Crippen molar-refractivity contribution in [2.45, 2.75) is 45.4 Å². The predicted molar refractivity (Wildman–Crippen MR) is 137 cm³/mol. The summed E-state index contributed by atoms with van der Waals surface area (Å²) in [4.78, 5) is 24.8. The minimum Gasteiger partial charge on any atom is -0.497 e. The number of ether oxygens (including phenoxy) is 1. The average molecular weight is 546 g/mol. The van der Waals surface area contributed by atoms with E-state index in [0.29, 0.717) is 17.5 Å². The average Bonchev–Trinajstić information content (AvgIpc) is 3.22. The number of aromatic nitrogens is 3. The molecule has 2 amide bonds. The van der Waals surface area contributed by atoms with Crippen molar-refractivity contribution in [3.8, 4) is 5.75 Å². The van der Waals surface area contributed by atoms with Gasteiger partial charge in [0.2, 0.25) is 11.8 Å². The van der Waals surface area contributed by atoms with Gasteiger partial charge < -0.3 is 19.9 Å². The predicted octanol–water partition coefficient (Wildman–Crippen LogP) is 4.28. The molecule has 3 aromatic rings. The van der Waals surface area contributed by atoms with Gasteiger partial charge in [-0.1, -0.05) is 23.9 Å². The first-order chi connectivity index (χ1) is 16.3. The number of methoxy groups -OCH3 is 1. The number of benzene rings is 2. The number of thioether (sulfide) groups is 1. The standard InChI is InChI=1S/C24H28BrN5O3S/c1-5-30-21(13-26-22(31)12-17-6-8-18(33-4)9-7-17)28-29-24(30)34-14-23(32)27-20-11-16(3)15(2)10-19(20)25/h6-11H,5,12-14H2,1-4H3,(H,26,31)(H,27,32). The Morgan fingerprint density at radius 2 is 1.79 bits per heavy atom. The van der Waals surface area contributed by atoms with E-state index < -0.39 is 0 Å². The highest BCUT2D eigenvalue weighted by molar-refractivity contribution is 9.10. The number of carbonyl (C=O) groups excluding carboxylic acids is 2. The molecule has 2 aromatic carbocycles. The molecule has 0 saturated carbocycles. The van der Waals surface area contributed by atoms with E-state index >= 15 is 0 Å². The van der Waals surface area contributed by atoms with Crippen molar-refractivity contribution in [2.24, 2.45) is 0 Å². The van der Waals surface area contributed by atoms with Gasteiger partial charge in [-0.3, -0.25) is 9.59 Å². The van der Waals surface area contributed by atoms with Gasteiger partial charge in [0.25, 0.3) is 0 Å². The zero-order chi connectivity index (χ0) is 24.7. The second kappa shape index (κ2) is 12.0. The lowest BCUT2D eigenvalue weighted by molar-refractivity contribution is -0.120. The molecule has 0 fully saturated rings.